The van der Waals surface area contributed by atoms with Gasteiger partial charge >= 0.3 is 0 Å². The zero-order valence-electron chi connectivity index (χ0n) is 20.1. The van der Waals surface area contributed by atoms with Gasteiger partial charge in [0, 0.05) is 32.1 Å². The van der Waals surface area contributed by atoms with Gasteiger partial charge in [0.05, 0.1) is 0 Å². The fraction of sp³-hybridized carbons (Fsp3) is 0.520. The normalized spacial score (nSPS) is 15.9. The first-order chi connectivity index (χ1) is 15.8. The number of amides is 1. The van der Waals surface area contributed by atoms with Gasteiger partial charge in [-0.3, -0.25) is 4.79 Å². The second-order valence-corrected chi connectivity index (χ2v) is 10.6. The number of rotatable bonds is 9. The van der Waals surface area contributed by atoms with Gasteiger partial charge in [0.25, 0.3) is 0 Å². The summed E-state index contributed by atoms with van der Waals surface area (Å²) in [5.74, 6) is 0.251. The third-order valence-corrected chi connectivity index (χ3v) is 8.10. The smallest absolute Gasteiger partial charge is 0.248 e. The van der Waals surface area contributed by atoms with E-state index in [2.05, 4.69) is 19.0 Å². The maximum absolute atomic E-state index is 13.5. The third-order valence-electron chi connectivity index (χ3n) is 6.04. The van der Waals surface area contributed by atoms with Crippen molar-refractivity contribution in [2.75, 3.05) is 26.2 Å². The Labute approximate surface area is 197 Å². The first-order valence-corrected chi connectivity index (χ1v) is 13.2. The minimum absolute atomic E-state index is 0.106. The lowest BCUT2D eigenvalue weighted by Gasteiger charge is -2.33. The number of benzene rings is 1. The molecule has 0 bridgehead atoms. The summed E-state index contributed by atoms with van der Waals surface area (Å²) in [6, 6.07) is 7.92. The van der Waals surface area contributed by atoms with Crippen molar-refractivity contribution in [1.82, 2.24) is 14.4 Å². The van der Waals surface area contributed by atoms with Gasteiger partial charge in [0.15, 0.2) is 10.7 Å². The molecule has 2 heterocycles. The van der Waals surface area contributed by atoms with Crippen LogP contribution in [0.15, 0.2) is 33.7 Å². The van der Waals surface area contributed by atoms with Crippen molar-refractivity contribution in [1.29, 1.82) is 0 Å². The average Bonchev–Trinajstić information content (AvgIpc) is 3.19. The lowest BCUT2D eigenvalue weighted by molar-refractivity contribution is -0.136. The van der Waals surface area contributed by atoms with Gasteiger partial charge in [0.1, 0.15) is 5.69 Å². The van der Waals surface area contributed by atoms with E-state index in [4.69, 9.17) is 4.52 Å². The summed E-state index contributed by atoms with van der Waals surface area (Å²) in [6.07, 6.45) is 6.37. The van der Waals surface area contributed by atoms with E-state index in [1.807, 2.05) is 42.2 Å². The maximum Gasteiger partial charge on any atom is 0.248 e. The molecular formula is C25H35N3O4S. The van der Waals surface area contributed by atoms with Crippen LogP contribution in [0, 0.1) is 19.8 Å². The van der Waals surface area contributed by atoms with Gasteiger partial charge in [0.2, 0.25) is 15.9 Å². The molecule has 1 saturated heterocycles. The van der Waals surface area contributed by atoms with Gasteiger partial charge in [-0.25, -0.2) is 8.42 Å². The fourth-order valence-corrected chi connectivity index (χ4v) is 5.97. The topological polar surface area (TPSA) is 83.7 Å². The number of nitrogens with zero attached hydrogens (tertiary/aromatic N) is 3. The second-order valence-electron chi connectivity index (χ2n) is 8.71. The number of hydrogen-bond donors (Lipinski definition) is 0. The molecule has 1 amide bonds. The molecule has 0 aliphatic carbocycles. The minimum atomic E-state index is -3.78. The van der Waals surface area contributed by atoms with E-state index in [-0.39, 0.29) is 22.5 Å². The van der Waals surface area contributed by atoms with Gasteiger partial charge in [-0.05, 0) is 51.2 Å². The Bertz CT molecular complexity index is 1060. The Morgan fingerprint density at radius 2 is 1.70 bits per heavy atom. The van der Waals surface area contributed by atoms with Crippen LogP contribution in [-0.2, 0) is 14.8 Å². The predicted molar refractivity (Wildman–Crippen MR) is 130 cm³/mol. The molecular weight excluding hydrogens is 438 g/mol. The summed E-state index contributed by atoms with van der Waals surface area (Å²) in [5.41, 5.74) is 2.44. The van der Waals surface area contributed by atoms with E-state index in [1.54, 1.807) is 13.0 Å². The summed E-state index contributed by atoms with van der Waals surface area (Å²) >= 11 is 0. The molecule has 0 saturated carbocycles. The SMILES string of the molecule is CCCN(CCC)C(=O)C1CCN(S(=O)(=O)c2c(C)noc2/C=C/c2ccc(C)cc2)CC1. The van der Waals surface area contributed by atoms with Gasteiger partial charge in [-0.1, -0.05) is 54.9 Å². The summed E-state index contributed by atoms with van der Waals surface area (Å²) < 4.78 is 33.7. The first kappa shape index (κ1) is 25.2. The average molecular weight is 474 g/mol. The monoisotopic (exact) mass is 473 g/mol. The fourth-order valence-electron chi connectivity index (χ4n) is 4.25. The minimum Gasteiger partial charge on any atom is -0.355 e. The lowest BCUT2D eigenvalue weighted by Crippen LogP contribution is -2.45. The first-order valence-electron chi connectivity index (χ1n) is 11.8. The Kier molecular flexibility index (Phi) is 8.48. The zero-order chi connectivity index (χ0) is 24.0. The largest absolute Gasteiger partial charge is 0.355 e. The molecule has 2 aromatic rings. The number of sulfonamides is 1. The molecule has 0 radical (unpaired) electrons. The van der Waals surface area contributed by atoms with Crippen LogP contribution in [-0.4, -0.2) is 54.9 Å². The second kappa shape index (κ2) is 11.1. The molecule has 1 aliphatic heterocycles. The molecule has 180 valence electrons. The standard InChI is InChI=1S/C25H35N3O4S/c1-5-15-27(16-6-2)25(29)22-13-17-28(18-14-22)33(30,31)24-20(4)26-32-23(24)12-11-21-9-7-19(3)8-10-21/h7-12,22H,5-6,13-18H2,1-4H3/b12-11+. The van der Waals surface area contributed by atoms with Crippen LogP contribution in [0.4, 0.5) is 0 Å². The third kappa shape index (κ3) is 5.92. The van der Waals surface area contributed by atoms with Crippen LogP contribution in [0.3, 0.4) is 0 Å². The van der Waals surface area contributed by atoms with Crippen molar-refractivity contribution in [2.24, 2.45) is 5.92 Å². The molecule has 0 atom stereocenters. The van der Waals surface area contributed by atoms with Gasteiger partial charge < -0.3 is 9.42 Å². The highest BCUT2D eigenvalue weighted by molar-refractivity contribution is 7.89. The Morgan fingerprint density at radius 3 is 2.27 bits per heavy atom. The molecule has 8 heteroatoms. The van der Waals surface area contributed by atoms with Crippen molar-refractivity contribution in [3.8, 4) is 0 Å². The Balaban J connectivity index is 1.73. The van der Waals surface area contributed by atoms with E-state index in [1.165, 1.54) is 4.31 Å². The Hall–Kier alpha value is -2.45. The molecule has 1 aromatic heterocycles. The predicted octanol–water partition coefficient (Wildman–Crippen LogP) is 4.51. The molecule has 1 aromatic carbocycles. The van der Waals surface area contributed by atoms with Crippen LogP contribution < -0.4 is 0 Å². The van der Waals surface area contributed by atoms with E-state index in [0.29, 0.717) is 31.6 Å². The molecule has 3 rings (SSSR count). The quantitative estimate of drug-likeness (QED) is 0.535. The molecule has 0 unspecified atom stereocenters. The number of piperidine rings is 1. The van der Waals surface area contributed by atoms with Gasteiger partial charge in [-0.2, -0.15) is 4.31 Å². The van der Waals surface area contributed by atoms with Crippen molar-refractivity contribution in [3.05, 3.63) is 46.8 Å². The number of carbonyl (C=O) groups excluding carboxylic acids is 1. The lowest BCUT2D eigenvalue weighted by atomic mass is 9.96. The highest BCUT2D eigenvalue weighted by Gasteiger charge is 2.36. The Morgan fingerprint density at radius 1 is 1.09 bits per heavy atom. The maximum atomic E-state index is 13.5. The molecule has 1 aliphatic rings. The van der Waals surface area contributed by atoms with E-state index in [9.17, 15) is 13.2 Å². The number of aryl methyl sites for hydroxylation is 2. The van der Waals surface area contributed by atoms with Crippen molar-refractivity contribution in [2.45, 2.75) is 58.3 Å². The van der Waals surface area contributed by atoms with Crippen molar-refractivity contribution in [3.63, 3.8) is 0 Å². The number of hydrogen-bond acceptors (Lipinski definition) is 5. The number of aromatic nitrogens is 1. The van der Waals surface area contributed by atoms with Crippen LogP contribution in [0.2, 0.25) is 0 Å². The number of carbonyl (C=O) groups is 1. The summed E-state index contributed by atoms with van der Waals surface area (Å²) in [7, 11) is -3.78. The van der Waals surface area contributed by atoms with Crippen LogP contribution in [0.25, 0.3) is 12.2 Å². The van der Waals surface area contributed by atoms with Crippen LogP contribution in [0.1, 0.15) is 62.1 Å². The summed E-state index contributed by atoms with van der Waals surface area (Å²) in [5, 5.41) is 3.92. The van der Waals surface area contributed by atoms with E-state index < -0.39 is 10.0 Å². The zero-order valence-corrected chi connectivity index (χ0v) is 20.9. The molecule has 1 fully saturated rings. The van der Waals surface area contributed by atoms with E-state index >= 15 is 0 Å². The molecule has 33 heavy (non-hydrogen) atoms. The van der Waals surface area contributed by atoms with E-state index in [0.717, 1.165) is 37.1 Å². The highest BCUT2D eigenvalue weighted by Crippen LogP contribution is 2.30. The van der Waals surface area contributed by atoms with Crippen LogP contribution in [0.5, 0.6) is 0 Å². The highest BCUT2D eigenvalue weighted by atomic mass is 32.2. The molecule has 0 N–H and O–H groups in total. The van der Waals surface area contributed by atoms with Gasteiger partial charge in [-0.15, -0.1) is 0 Å². The molecule has 7 nitrogen and oxygen atoms in total. The summed E-state index contributed by atoms with van der Waals surface area (Å²) in [6.45, 7) is 9.92. The summed E-state index contributed by atoms with van der Waals surface area (Å²) in [4.78, 5) is 15.0. The van der Waals surface area contributed by atoms with Crippen LogP contribution >= 0.6 is 0 Å². The van der Waals surface area contributed by atoms with Crippen molar-refractivity contribution >= 4 is 28.1 Å². The van der Waals surface area contributed by atoms with Crippen molar-refractivity contribution < 1.29 is 17.7 Å². The molecule has 0 spiro atoms.